The van der Waals surface area contributed by atoms with Crippen LogP contribution in [-0.2, 0) is 6.42 Å². The lowest BCUT2D eigenvalue weighted by Gasteiger charge is -2.12. The van der Waals surface area contributed by atoms with Crippen molar-refractivity contribution >= 4 is 34.7 Å². The van der Waals surface area contributed by atoms with Crippen LogP contribution in [0.25, 0.3) is 16.9 Å². The molecule has 0 spiro atoms. The average Bonchev–Trinajstić information content (AvgIpc) is 2.83. The first-order chi connectivity index (χ1) is 13.0. The van der Waals surface area contributed by atoms with Crippen LogP contribution in [0.4, 0.5) is 11.5 Å². The van der Waals surface area contributed by atoms with Gasteiger partial charge in [-0.1, -0.05) is 35.3 Å². The zero-order valence-electron chi connectivity index (χ0n) is 15.5. The first kappa shape index (κ1) is 18.2. The number of fused-ring (bicyclic) bond motifs is 1. The number of benzene rings is 2. The van der Waals surface area contributed by atoms with Crippen LogP contribution in [0.1, 0.15) is 18.4 Å². The molecular weight excluding hydrogens is 379 g/mol. The molecule has 2 aromatic carbocycles. The molecule has 4 nitrogen and oxygen atoms in total. The smallest absolute Gasteiger partial charge is 0.133 e. The Hall–Kier alpha value is -2.17. The van der Waals surface area contributed by atoms with E-state index in [2.05, 4.69) is 34.5 Å². The fourth-order valence-electron chi connectivity index (χ4n) is 3.48. The first-order valence-corrected chi connectivity index (χ1v) is 9.89. The summed E-state index contributed by atoms with van der Waals surface area (Å²) in [4.78, 5) is 2.10. The predicted octanol–water partition coefficient (Wildman–Crippen LogP) is 5.66. The van der Waals surface area contributed by atoms with Gasteiger partial charge >= 0.3 is 0 Å². The van der Waals surface area contributed by atoms with Crippen molar-refractivity contribution in [2.75, 3.05) is 30.9 Å². The monoisotopic (exact) mass is 400 g/mol. The van der Waals surface area contributed by atoms with E-state index in [0.29, 0.717) is 10.0 Å². The van der Waals surface area contributed by atoms with Crippen LogP contribution < -0.4 is 10.2 Å². The highest BCUT2D eigenvalue weighted by Gasteiger charge is 2.22. The van der Waals surface area contributed by atoms with Gasteiger partial charge in [0.1, 0.15) is 5.82 Å². The maximum absolute atomic E-state index is 6.48. The Morgan fingerprint density at radius 2 is 1.81 bits per heavy atom. The summed E-state index contributed by atoms with van der Waals surface area (Å²) in [6.45, 7) is 0.933. The highest BCUT2D eigenvalue weighted by molar-refractivity contribution is 6.35. The Morgan fingerprint density at radius 1 is 1.04 bits per heavy atom. The molecule has 4 rings (SSSR count). The molecule has 0 saturated carbocycles. The maximum atomic E-state index is 6.48. The molecule has 0 amide bonds. The molecule has 0 saturated heterocycles. The second-order valence-corrected chi connectivity index (χ2v) is 7.85. The summed E-state index contributed by atoms with van der Waals surface area (Å²) in [5.41, 5.74) is 5.38. The van der Waals surface area contributed by atoms with E-state index in [1.165, 1.54) is 11.3 Å². The van der Waals surface area contributed by atoms with Gasteiger partial charge in [0.2, 0.25) is 0 Å². The molecule has 0 atom stereocenters. The van der Waals surface area contributed by atoms with Crippen molar-refractivity contribution in [3.63, 3.8) is 0 Å². The van der Waals surface area contributed by atoms with Crippen molar-refractivity contribution in [3.8, 4) is 16.9 Å². The number of hydrogen-bond donors (Lipinski definition) is 1. The van der Waals surface area contributed by atoms with Crippen LogP contribution in [0.3, 0.4) is 0 Å². The minimum atomic E-state index is 0.591. The summed E-state index contributed by atoms with van der Waals surface area (Å²) in [5, 5.41) is 9.72. The standard InChI is InChI=1S/C21H22Cl2N4/c1-26(2)16-9-6-14(7-10-16)20-17-5-3-4-12-24-21(17)27(25-20)19-11-8-15(22)13-18(19)23/h6-11,13,24H,3-5,12H2,1-2H3. The average molecular weight is 401 g/mol. The van der Waals surface area contributed by atoms with Crippen molar-refractivity contribution in [2.45, 2.75) is 19.3 Å². The quantitative estimate of drug-likeness (QED) is 0.615. The fraction of sp³-hybridized carbons (Fsp3) is 0.286. The summed E-state index contributed by atoms with van der Waals surface area (Å²) in [6, 6.07) is 14.0. The number of halogens is 2. The zero-order valence-corrected chi connectivity index (χ0v) is 17.0. The van der Waals surface area contributed by atoms with E-state index in [9.17, 15) is 0 Å². The van der Waals surface area contributed by atoms with E-state index in [1.807, 2.05) is 30.9 Å². The molecule has 140 valence electrons. The fourth-order valence-corrected chi connectivity index (χ4v) is 3.97. The molecule has 27 heavy (non-hydrogen) atoms. The summed E-state index contributed by atoms with van der Waals surface area (Å²) < 4.78 is 1.93. The van der Waals surface area contributed by atoms with Crippen molar-refractivity contribution in [1.29, 1.82) is 0 Å². The third-order valence-corrected chi connectivity index (χ3v) is 5.46. The van der Waals surface area contributed by atoms with Gasteiger partial charge in [0, 0.05) is 42.5 Å². The Labute approximate surface area is 169 Å². The van der Waals surface area contributed by atoms with Crippen molar-refractivity contribution in [3.05, 3.63) is 58.1 Å². The Morgan fingerprint density at radius 3 is 2.52 bits per heavy atom. The molecule has 0 unspecified atom stereocenters. The Balaban J connectivity index is 1.86. The molecule has 0 fully saturated rings. The molecule has 3 aromatic rings. The van der Waals surface area contributed by atoms with Crippen LogP contribution in [0.2, 0.25) is 10.0 Å². The first-order valence-electron chi connectivity index (χ1n) is 9.13. The number of anilines is 2. The van der Waals surface area contributed by atoms with Gasteiger partial charge in [-0.15, -0.1) is 0 Å². The van der Waals surface area contributed by atoms with Crippen molar-refractivity contribution in [2.24, 2.45) is 0 Å². The minimum absolute atomic E-state index is 0.591. The van der Waals surface area contributed by atoms with Crippen LogP contribution in [0, 0.1) is 0 Å². The molecule has 2 heterocycles. The molecule has 1 aromatic heterocycles. The van der Waals surface area contributed by atoms with Gasteiger partial charge in [0.25, 0.3) is 0 Å². The maximum Gasteiger partial charge on any atom is 0.133 e. The normalized spacial score (nSPS) is 13.6. The number of aromatic nitrogens is 2. The molecule has 6 heteroatoms. The van der Waals surface area contributed by atoms with E-state index >= 15 is 0 Å². The van der Waals surface area contributed by atoms with Crippen molar-refractivity contribution in [1.82, 2.24) is 9.78 Å². The number of nitrogens with zero attached hydrogens (tertiary/aromatic N) is 3. The molecule has 0 bridgehead atoms. The predicted molar refractivity (Wildman–Crippen MR) is 115 cm³/mol. The van der Waals surface area contributed by atoms with E-state index in [0.717, 1.165) is 48.6 Å². The minimum Gasteiger partial charge on any atom is -0.378 e. The van der Waals surface area contributed by atoms with Gasteiger partial charge < -0.3 is 10.2 Å². The third-order valence-electron chi connectivity index (χ3n) is 4.92. The van der Waals surface area contributed by atoms with E-state index in [-0.39, 0.29) is 0 Å². The highest BCUT2D eigenvalue weighted by Crippen LogP contribution is 2.36. The van der Waals surface area contributed by atoms with Crippen LogP contribution in [0.5, 0.6) is 0 Å². The third kappa shape index (κ3) is 3.52. The summed E-state index contributed by atoms with van der Waals surface area (Å²) in [6.07, 6.45) is 3.28. The second-order valence-electron chi connectivity index (χ2n) is 7.01. The van der Waals surface area contributed by atoms with Crippen LogP contribution >= 0.6 is 23.2 Å². The van der Waals surface area contributed by atoms with Crippen molar-refractivity contribution < 1.29 is 0 Å². The summed E-state index contributed by atoms with van der Waals surface area (Å²) in [5.74, 6) is 1.03. The highest BCUT2D eigenvalue weighted by atomic mass is 35.5. The summed E-state index contributed by atoms with van der Waals surface area (Å²) in [7, 11) is 4.09. The molecule has 1 aliphatic rings. The number of nitrogens with one attached hydrogen (secondary N) is 1. The van der Waals surface area contributed by atoms with E-state index < -0.39 is 0 Å². The van der Waals surface area contributed by atoms with Gasteiger partial charge in [-0.2, -0.15) is 5.10 Å². The van der Waals surface area contributed by atoms with Gasteiger partial charge in [0.05, 0.1) is 16.4 Å². The molecular formula is C21H22Cl2N4. The molecule has 0 aliphatic carbocycles. The lowest BCUT2D eigenvalue weighted by molar-refractivity contribution is 0.780. The van der Waals surface area contributed by atoms with E-state index in [4.69, 9.17) is 28.3 Å². The lowest BCUT2D eigenvalue weighted by Crippen LogP contribution is -2.08. The number of rotatable bonds is 3. The van der Waals surface area contributed by atoms with Gasteiger partial charge in [0.15, 0.2) is 0 Å². The lowest BCUT2D eigenvalue weighted by atomic mass is 10.0. The molecule has 0 radical (unpaired) electrons. The molecule has 1 aliphatic heterocycles. The second kappa shape index (κ2) is 7.45. The summed E-state index contributed by atoms with van der Waals surface area (Å²) >= 11 is 12.6. The van der Waals surface area contributed by atoms with E-state index in [1.54, 1.807) is 6.07 Å². The largest absolute Gasteiger partial charge is 0.378 e. The Kier molecular flexibility index (Phi) is 5.02. The Bertz CT molecular complexity index is 961. The number of hydrogen-bond acceptors (Lipinski definition) is 3. The van der Waals surface area contributed by atoms with Crippen LogP contribution in [-0.4, -0.2) is 30.4 Å². The topological polar surface area (TPSA) is 33.1 Å². The van der Waals surface area contributed by atoms with Gasteiger partial charge in [-0.25, -0.2) is 4.68 Å². The van der Waals surface area contributed by atoms with Crippen LogP contribution in [0.15, 0.2) is 42.5 Å². The zero-order chi connectivity index (χ0) is 19.0. The molecule has 1 N–H and O–H groups in total. The van der Waals surface area contributed by atoms with Gasteiger partial charge in [-0.05, 0) is 49.6 Å². The SMILES string of the molecule is CN(C)c1ccc(-c2nn(-c3ccc(Cl)cc3Cl)c3c2CCCCN3)cc1. The van der Waals surface area contributed by atoms with Gasteiger partial charge in [-0.3, -0.25) is 0 Å².